The third kappa shape index (κ3) is 3.39. The van der Waals surface area contributed by atoms with Gasteiger partial charge in [0.1, 0.15) is 5.69 Å². The minimum absolute atomic E-state index is 0.0930. The van der Waals surface area contributed by atoms with E-state index in [2.05, 4.69) is 25.6 Å². The fraction of sp³-hybridized carbons (Fsp3) is 0.526. The van der Waals surface area contributed by atoms with Crippen LogP contribution in [0.3, 0.4) is 0 Å². The number of carbonyl (C=O) groups excluding carboxylic acids is 1. The van der Waals surface area contributed by atoms with Gasteiger partial charge in [0, 0.05) is 43.9 Å². The molecule has 2 aromatic rings. The van der Waals surface area contributed by atoms with E-state index in [1.54, 1.807) is 23.6 Å². The molecule has 1 amide bonds. The topological polar surface area (TPSA) is 67.3 Å². The van der Waals surface area contributed by atoms with Crippen LogP contribution in [0.1, 0.15) is 41.9 Å². The van der Waals surface area contributed by atoms with Gasteiger partial charge in [-0.15, -0.1) is 11.3 Å². The molecule has 0 spiro atoms. The number of likely N-dealkylation sites (tertiary alicyclic amines) is 1. The van der Waals surface area contributed by atoms with Gasteiger partial charge in [0.15, 0.2) is 0 Å². The molecule has 26 heavy (non-hydrogen) atoms. The van der Waals surface area contributed by atoms with Crippen molar-refractivity contribution in [1.29, 1.82) is 0 Å². The lowest BCUT2D eigenvalue weighted by Crippen LogP contribution is -2.54. The zero-order valence-corrected chi connectivity index (χ0v) is 15.7. The van der Waals surface area contributed by atoms with Gasteiger partial charge < -0.3 is 10.1 Å². The SMILES string of the molecule is CO[C@@]12CC[C@@H](NC(=O)c3ccccn3)C[C@@H]1N(Cc1cscn1)CC2. The highest BCUT2D eigenvalue weighted by atomic mass is 32.1. The number of nitrogens with zero attached hydrogens (tertiary/aromatic N) is 3. The summed E-state index contributed by atoms with van der Waals surface area (Å²) >= 11 is 1.63. The molecule has 7 heteroatoms. The predicted molar refractivity (Wildman–Crippen MR) is 100 cm³/mol. The molecule has 1 aliphatic carbocycles. The number of rotatable bonds is 5. The first-order valence-electron chi connectivity index (χ1n) is 9.08. The molecular formula is C19H24N4O2S. The number of aromatic nitrogens is 2. The quantitative estimate of drug-likeness (QED) is 0.873. The van der Waals surface area contributed by atoms with E-state index >= 15 is 0 Å². The zero-order valence-electron chi connectivity index (χ0n) is 14.9. The summed E-state index contributed by atoms with van der Waals surface area (Å²) in [4.78, 5) is 23.5. The van der Waals surface area contributed by atoms with Gasteiger partial charge in [-0.1, -0.05) is 6.07 Å². The Labute approximate surface area is 157 Å². The van der Waals surface area contributed by atoms with E-state index in [0.29, 0.717) is 11.7 Å². The lowest BCUT2D eigenvalue weighted by atomic mass is 9.78. The Bertz CT molecular complexity index is 739. The highest BCUT2D eigenvalue weighted by Gasteiger charge is 2.51. The van der Waals surface area contributed by atoms with E-state index in [4.69, 9.17) is 4.74 Å². The molecule has 138 valence electrons. The molecule has 6 nitrogen and oxygen atoms in total. The molecule has 2 aromatic heterocycles. The van der Waals surface area contributed by atoms with Crippen LogP contribution in [0.15, 0.2) is 35.3 Å². The Morgan fingerprint density at radius 3 is 3.08 bits per heavy atom. The number of nitrogens with one attached hydrogen (secondary N) is 1. The molecule has 1 saturated heterocycles. The van der Waals surface area contributed by atoms with Crippen LogP contribution < -0.4 is 5.32 Å². The van der Waals surface area contributed by atoms with Crippen molar-refractivity contribution < 1.29 is 9.53 Å². The summed E-state index contributed by atoms with van der Waals surface area (Å²) in [6, 6.07) is 5.86. The number of hydrogen-bond donors (Lipinski definition) is 1. The monoisotopic (exact) mass is 372 g/mol. The predicted octanol–water partition coefficient (Wildman–Crippen LogP) is 2.48. The Morgan fingerprint density at radius 2 is 2.35 bits per heavy atom. The highest BCUT2D eigenvalue weighted by molar-refractivity contribution is 7.07. The van der Waals surface area contributed by atoms with Crippen LogP contribution in [0.5, 0.6) is 0 Å². The Kier molecular flexibility index (Phi) is 5.02. The van der Waals surface area contributed by atoms with Gasteiger partial charge in [-0.2, -0.15) is 0 Å². The molecule has 2 fully saturated rings. The molecular weight excluding hydrogens is 348 g/mol. The van der Waals surface area contributed by atoms with E-state index in [1.165, 1.54) is 0 Å². The van der Waals surface area contributed by atoms with Crippen LogP contribution >= 0.6 is 11.3 Å². The summed E-state index contributed by atoms with van der Waals surface area (Å²) in [6.07, 6.45) is 5.50. The molecule has 0 bridgehead atoms. The average molecular weight is 372 g/mol. The Morgan fingerprint density at radius 1 is 1.42 bits per heavy atom. The Hall–Kier alpha value is -1.83. The van der Waals surface area contributed by atoms with Crippen LogP contribution in [-0.2, 0) is 11.3 Å². The van der Waals surface area contributed by atoms with Crippen LogP contribution in [0.4, 0.5) is 0 Å². The molecule has 2 aliphatic rings. The summed E-state index contributed by atoms with van der Waals surface area (Å²) in [5.41, 5.74) is 3.37. The maximum absolute atomic E-state index is 12.5. The van der Waals surface area contributed by atoms with Gasteiger partial charge in [0.25, 0.3) is 5.91 Å². The van der Waals surface area contributed by atoms with E-state index < -0.39 is 0 Å². The number of ether oxygens (including phenoxy) is 1. The smallest absolute Gasteiger partial charge is 0.270 e. The first-order chi connectivity index (χ1) is 12.7. The molecule has 4 rings (SSSR count). The second-order valence-electron chi connectivity index (χ2n) is 7.14. The third-order valence-electron chi connectivity index (χ3n) is 5.78. The summed E-state index contributed by atoms with van der Waals surface area (Å²) < 4.78 is 6.01. The fourth-order valence-corrected chi connectivity index (χ4v) is 4.94. The second kappa shape index (κ2) is 7.42. The normalized spacial score (nSPS) is 28.7. The summed E-state index contributed by atoms with van der Waals surface area (Å²) in [6.45, 7) is 1.86. The molecule has 0 radical (unpaired) electrons. The molecule has 3 atom stereocenters. The number of thiazole rings is 1. The fourth-order valence-electron chi connectivity index (χ4n) is 4.39. The van der Waals surface area contributed by atoms with Crippen molar-refractivity contribution in [2.75, 3.05) is 13.7 Å². The number of hydrogen-bond acceptors (Lipinski definition) is 6. The van der Waals surface area contributed by atoms with Gasteiger partial charge in [-0.3, -0.25) is 14.7 Å². The van der Waals surface area contributed by atoms with E-state index in [0.717, 1.165) is 44.5 Å². The lowest BCUT2D eigenvalue weighted by molar-refractivity contribution is -0.0678. The van der Waals surface area contributed by atoms with Gasteiger partial charge in [0.05, 0.1) is 16.8 Å². The minimum atomic E-state index is -0.0950. The third-order valence-corrected chi connectivity index (χ3v) is 6.42. The Balaban J connectivity index is 1.45. The van der Waals surface area contributed by atoms with Crippen LogP contribution in [-0.4, -0.2) is 52.1 Å². The summed E-state index contributed by atoms with van der Waals surface area (Å²) in [7, 11) is 1.83. The van der Waals surface area contributed by atoms with Gasteiger partial charge in [0.2, 0.25) is 0 Å². The first kappa shape index (κ1) is 17.6. The number of methoxy groups -OCH3 is 1. The maximum Gasteiger partial charge on any atom is 0.270 e. The van der Waals surface area contributed by atoms with Crippen molar-refractivity contribution in [3.05, 3.63) is 46.7 Å². The minimum Gasteiger partial charge on any atom is -0.377 e. The van der Waals surface area contributed by atoms with Gasteiger partial charge >= 0.3 is 0 Å². The van der Waals surface area contributed by atoms with Crippen LogP contribution in [0, 0.1) is 0 Å². The van der Waals surface area contributed by atoms with Crippen molar-refractivity contribution in [1.82, 2.24) is 20.2 Å². The van der Waals surface area contributed by atoms with E-state index in [9.17, 15) is 4.79 Å². The van der Waals surface area contributed by atoms with Crippen LogP contribution in [0.25, 0.3) is 0 Å². The number of carbonyl (C=O) groups is 1. The van der Waals surface area contributed by atoms with Crippen molar-refractivity contribution in [2.24, 2.45) is 0 Å². The standard InChI is InChI=1S/C19H24N4O2S/c1-25-19-6-5-14(22-18(24)16-4-2-3-8-20-16)10-17(19)23(9-7-19)11-15-12-26-13-21-15/h2-4,8,12-14,17H,5-7,9-11H2,1H3,(H,22,24)/t14-,17+,19-/m1/s1. The maximum atomic E-state index is 12.5. The molecule has 0 aromatic carbocycles. The lowest BCUT2D eigenvalue weighted by Gasteiger charge is -2.43. The number of amides is 1. The van der Waals surface area contributed by atoms with E-state index in [1.807, 2.05) is 24.8 Å². The number of fused-ring (bicyclic) bond motifs is 1. The van der Waals surface area contributed by atoms with Crippen LogP contribution in [0.2, 0.25) is 0 Å². The first-order valence-corrected chi connectivity index (χ1v) is 10.0. The highest BCUT2D eigenvalue weighted by Crippen LogP contribution is 2.43. The molecule has 0 unspecified atom stereocenters. The summed E-state index contributed by atoms with van der Waals surface area (Å²) in [5.74, 6) is -0.0930. The number of pyridine rings is 1. The molecule has 1 N–H and O–H groups in total. The van der Waals surface area contributed by atoms with Crippen molar-refractivity contribution >= 4 is 17.2 Å². The van der Waals surface area contributed by atoms with Crippen molar-refractivity contribution in [2.45, 2.75) is 49.9 Å². The van der Waals surface area contributed by atoms with Crippen molar-refractivity contribution in [3.8, 4) is 0 Å². The second-order valence-corrected chi connectivity index (χ2v) is 7.86. The molecule has 1 saturated carbocycles. The molecule has 3 heterocycles. The van der Waals surface area contributed by atoms with E-state index in [-0.39, 0.29) is 17.6 Å². The zero-order chi connectivity index (χ0) is 18.0. The largest absolute Gasteiger partial charge is 0.377 e. The van der Waals surface area contributed by atoms with Gasteiger partial charge in [-0.25, -0.2) is 4.98 Å². The van der Waals surface area contributed by atoms with Crippen molar-refractivity contribution in [3.63, 3.8) is 0 Å². The molecule has 1 aliphatic heterocycles. The average Bonchev–Trinajstić information content (AvgIpc) is 3.32. The van der Waals surface area contributed by atoms with Gasteiger partial charge in [-0.05, 0) is 37.8 Å². The summed E-state index contributed by atoms with van der Waals surface area (Å²) in [5, 5.41) is 5.28.